The molecule has 7 nitrogen and oxygen atoms in total. The highest BCUT2D eigenvalue weighted by Gasteiger charge is 2.28. The Bertz CT molecular complexity index is 1130. The van der Waals surface area contributed by atoms with Gasteiger partial charge in [0.2, 0.25) is 0 Å². The number of hydrogen-bond acceptors (Lipinski definition) is 5. The fraction of sp³-hybridized carbons (Fsp3) is 0.250. The molecular formula is C24H23F3N4O3. The maximum absolute atomic E-state index is 13.8. The average molecular weight is 472 g/mol. The number of nitrogens with one attached hydrogen (secondary N) is 2. The highest BCUT2D eigenvalue weighted by Crippen LogP contribution is 2.24. The van der Waals surface area contributed by atoms with Crippen molar-refractivity contribution in [2.24, 2.45) is 0 Å². The Kier molecular flexibility index (Phi) is 7.17. The molecule has 3 aromatic rings. The Balaban J connectivity index is 1.37. The topological polar surface area (TPSA) is 77.8 Å². The number of carbonyl (C=O) groups excluding carboxylic acids is 2. The molecule has 1 saturated heterocycles. The number of rotatable bonds is 6. The summed E-state index contributed by atoms with van der Waals surface area (Å²) in [6.45, 7) is 2.70. The SMILES string of the molecule is O=C(NCC(c1ccco1)N1CCN(c2ccc(F)cc2)CC1)C(=O)Nc1cc(F)ccc1F. The van der Waals surface area contributed by atoms with Gasteiger partial charge in [0.1, 0.15) is 23.2 Å². The van der Waals surface area contributed by atoms with E-state index in [1.807, 2.05) is 0 Å². The van der Waals surface area contributed by atoms with Crippen LogP contribution in [0.15, 0.2) is 65.3 Å². The lowest BCUT2D eigenvalue weighted by Crippen LogP contribution is -2.50. The zero-order valence-corrected chi connectivity index (χ0v) is 18.1. The van der Waals surface area contributed by atoms with Gasteiger partial charge in [-0.05, 0) is 48.5 Å². The lowest BCUT2D eigenvalue weighted by Gasteiger charge is -2.39. The number of benzene rings is 2. The summed E-state index contributed by atoms with van der Waals surface area (Å²) in [4.78, 5) is 28.8. The maximum Gasteiger partial charge on any atom is 0.313 e. The second-order valence-corrected chi connectivity index (χ2v) is 7.82. The van der Waals surface area contributed by atoms with Crippen LogP contribution >= 0.6 is 0 Å². The number of piperazine rings is 1. The van der Waals surface area contributed by atoms with Crippen LogP contribution in [0.3, 0.4) is 0 Å². The minimum absolute atomic E-state index is 0.0714. The third kappa shape index (κ3) is 5.57. The molecule has 1 aliphatic rings. The molecule has 1 unspecified atom stereocenters. The van der Waals surface area contributed by atoms with Gasteiger partial charge in [0, 0.05) is 44.5 Å². The van der Waals surface area contributed by atoms with Crippen LogP contribution in [-0.2, 0) is 9.59 Å². The van der Waals surface area contributed by atoms with E-state index >= 15 is 0 Å². The summed E-state index contributed by atoms with van der Waals surface area (Å²) >= 11 is 0. The van der Waals surface area contributed by atoms with E-state index in [0.29, 0.717) is 31.9 Å². The van der Waals surface area contributed by atoms with Crippen molar-refractivity contribution in [3.63, 3.8) is 0 Å². The molecule has 0 aliphatic carbocycles. The van der Waals surface area contributed by atoms with E-state index in [0.717, 1.165) is 23.9 Å². The molecule has 0 bridgehead atoms. The smallest absolute Gasteiger partial charge is 0.313 e. The molecule has 1 aliphatic heterocycles. The van der Waals surface area contributed by atoms with Crippen molar-refractivity contribution in [1.82, 2.24) is 10.2 Å². The molecule has 178 valence electrons. The fourth-order valence-corrected chi connectivity index (χ4v) is 3.88. The van der Waals surface area contributed by atoms with Crippen molar-refractivity contribution in [1.29, 1.82) is 0 Å². The number of nitrogens with zero attached hydrogens (tertiary/aromatic N) is 2. The molecule has 0 saturated carbocycles. The van der Waals surface area contributed by atoms with Crippen molar-refractivity contribution in [2.75, 3.05) is 42.9 Å². The summed E-state index contributed by atoms with van der Waals surface area (Å²) in [7, 11) is 0. The number of carbonyl (C=O) groups is 2. The van der Waals surface area contributed by atoms with Crippen LogP contribution < -0.4 is 15.5 Å². The zero-order chi connectivity index (χ0) is 24.1. The molecule has 0 spiro atoms. The maximum atomic E-state index is 13.8. The molecule has 2 N–H and O–H groups in total. The number of amides is 2. The van der Waals surface area contributed by atoms with Crippen molar-refractivity contribution in [3.8, 4) is 0 Å². The molecule has 2 aromatic carbocycles. The normalized spacial score (nSPS) is 15.1. The molecule has 2 heterocycles. The first kappa shape index (κ1) is 23.4. The fourth-order valence-electron chi connectivity index (χ4n) is 3.88. The lowest BCUT2D eigenvalue weighted by atomic mass is 10.1. The standard InChI is InChI=1S/C24H23F3N4O3/c25-16-3-6-18(7-4-16)30-9-11-31(12-10-30)21(22-2-1-13-34-22)15-28-23(32)24(33)29-20-14-17(26)5-8-19(20)27/h1-8,13-14,21H,9-12,15H2,(H,28,32)(H,29,33). The number of hydrogen-bond donors (Lipinski definition) is 2. The second-order valence-electron chi connectivity index (χ2n) is 7.82. The molecule has 4 rings (SSSR count). The molecule has 1 fully saturated rings. The van der Waals surface area contributed by atoms with E-state index in [2.05, 4.69) is 20.4 Å². The van der Waals surface area contributed by atoms with Gasteiger partial charge in [-0.3, -0.25) is 14.5 Å². The quantitative estimate of drug-likeness (QED) is 0.539. The number of furan rings is 1. The first-order chi connectivity index (χ1) is 16.4. The largest absolute Gasteiger partial charge is 0.468 e. The van der Waals surface area contributed by atoms with E-state index in [-0.39, 0.29) is 18.4 Å². The molecule has 34 heavy (non-hydrogen) atoms. The summed E-state index contributed by atoms with van der Waals surface area (Å²) in [5.74, 6) is -3.36. The van der Waals surface area contributed by atoms with Crippen LogP contribution in [0.2, 0.25) is 0 Å². The Morgan fingerprint density at radius 3 is 2.29 bits per heavy atom. The molecule has 10 heteroatoms. The molecule has 0 radical (unpaired) electrons. The van der Waals surface area contributed by atoms with Gasteiger partial charge in [0.15, 0.2) is 0 Å². The third-order valence-corrected chi connectivity index (χ3v) is 5.66. The van der Waals surface area contributed by atoms with Crippen molar-refractivity contribution in [2.45, 2.75) is 6.04 Å². The Morgan fingerprint density at radius 1 is 0.912 bits per heavy atom. The van der Waals surface area contributed by atoms with Crippen LogP contribution in [0, 0.1) is 17.5 Å². The van der Waals surface area contributed by atoms with E-state index in [4.69, 9.17) is 4.42 Å². The molecular weight excluding hydrogens is 449 g/mol. The zero-order valence-electron chi connectivity index (χ0n) is 18.1. The van der Waals surface area contributed by atoms with E-state index in [9.17, 15) is 22.8 Å². The molecule has 1 aromatic heterocycles. The predicted molar refractivity (Wildman–Crippen MR) is 120 cm³/mol. The highest BCUT2D eigenvalue weighted by molar-refractivity contribution is 6.39. The summed E-state index contributed by atoms with van der Waals surface area (Å²) in [5.41, 5.74) is 0.504. The van der Waals surface area contributed by atoms with Gasteiger partial charge >= 0.3 is 11.8 Å². The van der Waals surface area contributed by atoms with Crippen molar-refractivity contribution < 1.29 is 27.2 Å². The minimum atomic E-state index is -1.11. The number of anilines is 2. The van der Waals surface area contributed by atoms with Crippen LogP contribution in [0.4, 0.5) is 24.5 Å². The van der Waals surface area contributed by atoms with Gasteiger partial charge < -0.3 is 20.0 Å². The third-order valence-electron chi connectivity index (χ3n) is 5.66. The first-order valence-corrected chi connectivity index (χ1v) is 10.7. The van der Waals surface area contributed by atoms with Crippen LogP contribution in [0.1, 0.15) is 11.8 Å². The second kappa shape index (κ2) is 10.4. The summed E-state index contributed by atoms with van der Waals surface area (Å²) in [6, 6.07) is 12.1. The predicted octanol–water partition coefficient (Wildman–Crippen LogP) is 3.32. The highest BCUT2D eigenvalue weighted by atomic mass is 19.1. The Morgan fingerprint density at radius 2 is 1.62 bits per heavy atom. The molecule has 1 atom stereocenters. The van der Waals surface area contributed by atoms with E-state index in [1.54, 1.807) is 24.3 Å². The van der Waals surface area contributed by atoms with Crippen LogP contribution in [-0.4, -0.2) is 49.4 Å². The summed E-state index contributed by atoms with van der Waals surface area (Å²) < 4.78 is 45.8. The summed E-state index contributed by atoms with van der Waals surface area (Å²) in [5, 5.41) is 4.63. The number of halogens is 3. The van der Waals surface area contributed by atoms with Gasteiger partial charge in [-0.1, -0.05) is 0 Å². The lowest BCUT2D eigenvalue weighted by molar-refractivity contribution is -0.136. The van der Waals surface area contributed by atoms with Gasteiger partial charge in [-0.15, -0.1) is 0 Å². The van der Waals surface area contributed by atoms with Crippen LogP contribution in [0.25, 0.3) is 0 Å². The monoisotopic (exact) mass is 472 g/mol. The Hall–Kier alpha value is -3.79. The van der Waals surface area contributed by atoms with Gasteiger partial charge in [-0.25, -0.2) is 13.2 Å². The van der Waals surface area contributed by atoms with E-state index in [1.165, 1.54) is 18.4 Å². The van der Waals surface area contributed by atoms with Crippen molar-refractivity contribution in [3.05, 3.63) is 84.1 Å². The Labute approximate surface area is 194 Å². The minimum Gasteiger partial charge on any atom is -0.468 e. The van der Waals surface area contributed by atoms with Crippen molar-refractivity contribution >= 4 is 23.2 Å². The van der Waals surface area contributed by atoms with Gasteiger partial charge in [-0.2, -0.15) is 0 Å². The molecule has 2 amide bonds. The van der Waals surface area contributed by atoms with Gasteiger partial charge in [0.25, 0.3) is 0 Å². The first-order valence-electron chi connectivity index (χ1n) is 10.7. The average Bonchev–Trinajstić information content (AvgIpc) is 3.37. The summed E-state index contributed by atoms with van der Waals surface area (Å²) in [6.07, 6.45) is 1.53. The van der Waals surface area contributed by atoms with Crippen LogP contribution in [0.5, 0.6) is 0 Å². The van der Waals surface area contributed by atoms with E-state index < -0.39 is 29.1 Å². The van der Waals surface area contributed by atoms with Gasteiger partial charge in [0.05, 0.1) is 18.0 Å².